The van der Waals surface area contributed by atoms with Crippen molar-refractivity contribution in [3.63, 3.8) is 0 Å². The molecule has 0 fully saturated rings. The lowest BCUT2D eigenvalue weighted by atomic mass is 10.1. The van der Waals surface area contributed by atoms with Crippen molar-refractivity contribution in [2.45, 2.75) is 12.8 Å². The summed E-state index contributed by atoms with van der Waals surface area (Å²) in [5.74, 6) is -1.04. The number of pyridine rings is 1. The van der Waals surface area contributed by atoms with Crippen LogP contribution in [0, 0.1) is 5.82 Å². The topological polar surface area (TPSA) is 33.1 Å². The lowest BCUT2D eigenvalue weighted by Gasteiger charge is -2.08. The van der Waals surface area contributed by atoms with Gasteiger partial charge < -0.3 is 5.11 Å². The lowest BCUT2D eigenvalue weighted by Crippen LogP contribution is -2.06. The number of hydrogen-bond acceptors (Lipinski definition) is 2. The number of aliphatic hydroxyl groups excluding tert-OH is 1. The molecule has 1 heterocycles. The van der Waals surface area contributed by atoms with Gasteiger partial charge in [-0.3, -0.25) is 4.98 Å². The van der Waals surface area contributed by atoms with Gasteiger partial charge in [0.1, 0.15) is 11.5 Å². The Morgan fingerprint density at radius 1 is 1.11 bits per heavy atom. The molecule has 0 aliphatic rings. The van der Waals surface area contributed by atoms with Crippen LogP contribution in [0.5, 0.6) is 0 Å². The minimum atomic E-state index is -4.62. The molecule has 0 bridgehead atoms. The van der Waals surface area contributed by atoms with Crippen molar-refractivity contribution in [3.8, 4) is 11.3 Å². The Bertz CT molecular complexity index is 578. The van der Waals surface area contributed by atoms with Crippen LogP contribution in [0.15, 0.2) is 36.5 Å². The third kappa shape index (κ3) is 2.90. The molecule has 0 aliphatic carbocycles. The molecule has 2 rings (SSSR count). The van der Waals surface area contributed by atoms with Crippen LogP contribution in [0.3, 0.4) is 0 Å². The maximum atomic E-state index is 13.6. The summed E-state index contributed by atoms with van der Waals surface area (Å²) >= 11 is 0. The van der Waals surface area contributed by atoms with E-state index in [9.17, 15) is 17.6 Å². The van der Waals surface area contributed by atoms with Crippen molar-refractivity contribution in [2.75, 3.05) is 0 Å². The molecule has 19 heavy (non-hydrogen) atoms. The van der Waals surface area contributed by atoms with Crippen molar-refractivity contribution >= 4 is 0 Å². The third-order valence-electron chi connectivity index (χ3n) is 2.58. The van der Waals surface area contributed by atoms with Crippen LogP contribution in [0.25, 0.3) is 11.3 Å². The average Bonchev–Trinajstić information content (AvgIpc) is 2.38. The monoisotopic (exact) mass is 271 g/mol. The van der Waals surface area contributed by atoms with Crippen LogP contribution in [0.4, 0.5) is 17.6 Å². The second kappa shape index (κ2) is 4.97. The van der Waals surface area contributed by atoms with Gasteiger partial charge in [0.05, 0.1) is 12.2 Å². The van der Waals surface area contributed by atoms with E-state index in [-0.39, 0.29) is 12.3 Å². The molecule has 0 amide bonds. The minimum Gasteiger partial charge on any atom is -0.392 e. The third-order valence-corrected chi connectivity index (χ3v) is 2.58. The molecule has 0 atom stereocenters. The first-order valence-corrected chi connectivity index (χ1v) is 5.34. The van der Waals surface area contributed by atoms with E-state index in [2.05, 4.69) is 4.98 Å². The van der Waals surface area contributed by atoms with Crippen molar-refractivity contribution in [1.82, 2.24) is 4.98 Å². The molecule has 100 valence electrons. The zero-order valence-corrected chi connectivity index (χ0v) is 9.58. The van der Waals surface area contributed by atoms with Crippen LogP contribution in [0.2, 0.25) is 0 Å². The predicted octanol–water partition coefficient (Wildman–Crippen LogP) is 3.40. The van der Waals surface area contributed by atoms with E-state index in [0.29, 0.717) is 23.4 Å². The van der Waals surface area contributed by atoms with Crippen LogP contribution >= 0.6 is 0 Å². The summed E-state index contributed by atoms with van der Waals surface area (Å²) in [6, 6.07) is 6.50. The van der Waals surface area contributed by atoms with Gasteiger partial charge in [-0.15, -0.1) is 0 Å². The summed E-state index contributed by atoms with van der Waals surface area (Å²) in [6.45, 7) is -0.163. The molecule has 2 aromatic rings. The van der Waals surface area contributed by atoms with Gasteiger partial charge in [-0.1, -0.05) is 24.3 Å². The molecule has 0 saturated carbocycles. The lowest BCUT2D eigenvalue weighted by molar-refractivity contribution is -0.138. The molecule has 6 heteroatoms. The number of aromatic nitrogens is 1. The number of hydrogen-bond donors (Lipinski definition) is 1. The van der Waals surface area contributed by atoms with Crippen LogP contribution in [-0.4, -0.2) is 10.1 Å². The SMILES string of the molecule is OCc1ccc(-c2ncc(C(F)(F)F)cc2F)cc1. The van der Waals surface area contributed by atoms with Gasteiger partial charge in [0.15, 0.2) is 0 Å². The van der Waals surface area contributed by atoms with Crippen LogP contribution in [0.1, 0.15) is 11.1 Å². The largest absolute Gasteiger partial charge is 0.417 e. The van der Waals surface area contributed by atoms with E-state index in [0.717, 1.165) is 0 Å². The normalized spacial score (nSPS) is 11.6. The molecular formula is C13H9F4NO. The van der Waals surface area contributed by atoms with Crippen molar-refractivity contribution in [3.05, 3.63) is 53.5 Å². The van der Waals surface area contributed by atoms with Gasteiger partial charge in [-0.2, -0.15) is 13.2 Å². The van der Waals surface area contributed by atoms with Crippen molar-refractivity contribution < 1.29 is 22.7 Å². The second-order valence-corrected chi connectivity index (χ2v) is 3.91. The number of rotatable bonds is 2. The van der Waals surface area contributed by atoms with Gasteiger partial charge in [0, 0.05) is 11.8 Å². The maximum Gasteiger partial charge on any atom is 0.417 e. The zero-order chi connectivity index (χ0) is 14.0. The molecule has 0 unspecified atom stereocenters. The molecule has 2 nitrogen and oxygen atoms in total. The number of aliphatic hydroxyl groups is 1. The predicted molar refractivity (Wildman–Crippen MR) is 60.6 cm³/mol. The molecular weight excluding hydrogens is 262 g/mol. The summed E-state index contributed by atoms with van der Waals surface area (Å²) in [4.78, 5) is 3.51. The Morgan fingerprint density at radius 3 is 2.21 bits per heavy atom. The van der Waals surface area contributed by atoms with Gasteiger partial charge in [-0.05, 0) is 11.6 Å². The summed E-state index contributed by atoms with van der Waals surface area (Å²) in [5.41, 5.74) is -0.308. The second-order valence-electron chi connectivity index (χ2n) is 3.91. The van der Waals surface area contributed by atoms with Crippen LogP contribution in [-0.2, 0) is 12.8 Å². The Labute approximate surface area is 106 Å². The van der Waals surface area contributed by atoms with Gasteiger partial charge in [0.2, 0.25) is 0 Å². The van der Waals surface area contributed by atoms with E-state index in [1.807, 2.05) is 0 Å². The Kier molecular flexibility index (Phi) is 3.53. The summed E-state index contributed by atoms with van der Waals surface area (Å²) in [5, 5.41) is 8.86. The minimum absolute atomic E-state index is 0.155. The fourth-order valence-corrected chi connectivity index (χ4v) is 1.57. The highest BCUT2D eigenvalue weighted by Gasteiger charge is 2.31. The van der Waals surface area contributed by atoms with E-state index in [1.54, 1.807) is 12.1 Å². The summed E-state index contributed by atoms with van der Waals surface area (Å²) in [7, 11) is 0. The zero-order valence-electron chi connectivity index (χ0n) is 9.58. The number of benzene rings is 1. The molecule has 0 saturated heterocycles. The Balaban J connectivity index is 2.40. The summed E-state index contributed by atoms with van der Waals surface area (Å²) in [6.07, 6.45) is -4.02. The maximum absolute atomic E-state index is 13.6. The molecule has 0 aliphatic heterocycles. The highest BCUT2D eigenvalue weighted by Crippen LogP contribution is 2.31. The standard InChI is InChI=1S/C13H9F4NO/c14-11-5-10(13(15,16)17)6-18-12(11)9-3-1-8(7-19)2-4-9/h1-6,19H,7H2. The smallest absolute Gasteiger partial charge is 0.392 e. The quantitative estimate of drug-likeness (QED) is 0.849. The molecule has 1 aromatic carbocycles. The Morgan fingerprint density at radius 2 is 1.74 bits per heavy atom. The first-order chi connectivity index (χ1) is 8.91. The van der Waals surface area contributed by atoms with E-state index in [1.165, 1.54) is 12.1 Å². The van der Waals surface area contributed by atoms with E-state index < -0.39 is 17.6 Å². The molecule has 0 spiro atoms. The van der Waals surface area contributed by atoms with Crippen LogP contribution < -0.4 is 0 Å². The molecule has 0 radical (unpaired) electrons. The van der Waals surface area contributed by atoms with E-state index in [4.69, 9.17) is 5.11 Å². The number of nitrogens with zero attached hydrogens (tertiary/aromatic N) is 1. The average molecular weight is 271 g/mol. The number of halogens is 4. The van der Waals surface area contributed by atoms with Gasteiger partial charge >= 0.3 is 6.18 Å². The van der Waals surface area contributed by atoms with Crippen molar-refractivity contribution in [2.24, 2.45) is 0 Å². The fourth-order valence-electron chi connectivity index (χ4n) is 1.57. The van der Waals surface area contributed by atoms with Gasteiger partial charge in [-0.25, -0.2) is 4.39 Å². The fraction of sp³-hybridized carbons (Fsp3) is 0.154. The highest BCUT2D eigenvalue weighted by atomic mass is 19.4. The summed E-state index contributed by atoms with van der Waals surface area (Å²) < 4.78 is 50.7. The first kappa shape index (κ1) is 13.5. The van der Waals surface area contributed by atoms with Crippen molar-refractivity contribution in [1.29, 1.82) is 0 Å². The molecule has 1 N–H and O–H groups in total. The first-order valence-electron chi connectivity index (χ1n) is 5.34. The van der Waals surface area contributed by atoms with Gasteiger partial charge in [0.25, 0.3) is 0 Å². The van der Waals surface area contributed by atoms with E-state index >= 15 is 0 Å². The highest BCUT2D eigenvalue weighted by molar-refractivity contribution is 5.60. The molecule has 1 aromatic heterocycles. The number of alkyl halides is 3. The Hall–Kier alpha value is -1.95.